The average Bonchev–Trinajstić information content (AvgIpc) is 2.44. The summed E-state index contributed by atoms with van der Waals surface area (Å²) >= 11 is 0. The number of hydrogen-bond donors (Lipinski definition) is 0. The number of methoxy groups -OCH3 is 1. The number of esters is 2. The fourth-order valence-electron chi connectivity index (χ4n) is 1.74. The molecule has 0 aliphatic carbocycles. The Morgan fingerprint density at radius 2 is 2.10 bits per heavy atom. The lowest BCUT2D eigenvalue weighted by Gasteiger charge is -2.28. The van der Waals surface area contributed by atoms with Crippen LogP contribution >= 0.6 is 0 Å². The lowest BCUT2D eigenvalue weighted by Crippen LogP contribution is -2.38. The van der Waals surface area contributed by atoms with Crippen molar-refractivity contribution in [3.8, 4) is 0 Å². The van der Waals surface area contributed by atoms with Crippen LogP contribution in [0.4, 0.5) is 5.82 Å². The Morgan fingerprint density at radius 1 is 1.40 bits per heavy atom. The van der Waals surface area contributed by atoms with Gasteiger partial charge in [-0.15, -0.1) is 0 Å². The van der Waals surface area contributed by atoms with E-state index in [-0.39, 0.29) is 18.6 Å². The third kappa shape index (κ3) is 3.94. The van der Waals surface area contributed by atoms with Gasteiger partial charge in [-0.3, -0.25) is 4.79 Å². The summed E-state index contributed by atoms with van der Waals surface area (Å²) in [5, 5.41) is 0. The van der Waals surface area contributed by atoms with Gasteiger partial charge in [0.05, 0.1) is 13.7 Å². The number of aromatic nitrogens is 1. The van der Waals surface area contributed by atoms with E-state index in [1.54, 1.807) is 30.2 Å². The van der Waals surface area contributed by atoms with E-state index in [1.165, 1.54) is 7.11 Å². The van der Waals surface area contributed by atoms with Crippen molar-refractivity contribution >= 4 is 17.8 Å². The second kappa shape index (κ2) is 7.47. The molecule has 0 saturated heterocycles. The van der Waals surface area contributed by atoms with Crippen molar-refractivity contribution < 1.29 is 19.1 Å². The molecule has 0 atom stereocenters. The topological polar surface area (TPSA) is 68.7 Å². The van der Waals surface area contributed by atoms with Crippen molar-refractivity contribution in [1.29, 1.82) is 0 Å². The van der Waals surface area contributed by atoms with Crippen LogP contribution in [0.25, 0.3) is 0 Å². The van der Waals surface area contributed by atoms with E-state index in [4.69, 9.17) is 9.47 Å². The molecule has 1 aromatic rings. The van der Waals surface area contributed by atoms with Crippen molar-refractivity contribution in [3.05, 3.63) is 23.9 Å². The van der Waals surface area contributed by atoms with E-state index in [0.29, 0.717) is 18.0 Å². The maximum absolute atomic E-state index is 11.8. The van der Waals surface area contributed by atoms with Crippen LogP contribution in [-0.4, -0.2) is 43.2 Å². The summed E-state index contributed by atoms with van der Waals surface area (Å²) in [5.41, 5.74) is 0.327. The molecule has 0 spiro atoms. The number of ether oxygens (including phenoxy) is 2. The molecular formula is C14H20N2O4. The summed E-state index contributed by atoms with van der Waals surface area (Å²) in [5.74, 6) is -0.423. The second-order valence-corrected chi connectivity index (χ2v) is 4.39. The molecule has 0 N–H and O–H groups in total. The van der Waals surface area contributed by atoms with Gasteiger partial charge in [0.1, 0.15) is 17.9 Å². The van der Waals surface area contributed by atoms with E-state index in [0.717, 1.165) is 0 Å². The molecule has 0 unspecified atom stereocenters. The molecule has 0 aliphatic rings. The summed E-state index contributed by atoms with van der Waals surface area (Å²) in [6, 6.07) is 3.26. The molecule has 1 aromatic heterocycles. The SMILES string of the molecule is CCOC(=O)CN(c1ncccc1C(=O)OC)C(C)C. The van der Waals surface area contributed by atoms with Crippen LogP contribution in [-0.2, 0) is 14.3 Å². The normalized spacial score (nSPS) is 10.2. The first-order valence-corrected chi connectivity index (χ1v) is 6.46. The fraction of sp³-hybridized carbons (Fsp3) is 0.500. The van der Waals surface area contributed by atoms with Crippen LogP contribution in [0.3, 0.4) is 0 Å². The number of carbonyl (C=O) groups excluding carboxylic acids is 2. The highest BCUT2D eigenvalue weighted by molar-refractivity contribution is 5.95. The molecule has 20 heavy (non-hydrogen) atoms. The molecule has 1 rings (SSSR count). The maximum atomic E-state index is 11.8. The monoisotopic (exact) mass is 280 g/mol. The molecule has 6 heteroatoms. The van der Waals surface area contributed by atoms with E-state index in [9.17, 15) is 9.59 Å². The van der Waals surface area contributed by atoms with Crippen LogP contribution in [0.1, 0.15) is 31.1 Å². The minimum atomic E-state index is -0.484. The predicted octanol–water partition coefficient (Wildman–Crippen LogP) is 1.65. The van der Waals surface area contributed by atoms with Gasteiger partial charge in [0, 0.05) is 12.2 Å². The summed E-state index contributed by atoms with van der Waals surface area (Å²) < 4.78 is 9.68. The number of nitrogens with zero attached hydrogens (tertiary/aromatic N) is 2. The zero-order valence-electron chi connectivity index (χ0n) is 12.3. The number of carbonyl (C=O) groups is 2. The summed E-state index contributed by atoms with van der Waals surface area (Å²) in [7, 11) is 1.31. The van der Waals surface area contributed by atoms with Gasteiger partial charge in [-0.05, 0) is 32.9 Å². The smallest absolute Gasteiger partial charge is 0.341 e. The Balaban J connectivity index is 3.09. The summed E-state index contributed by atoms with van der Waals surface area (Å²) in [6.07, 6.45) is 1.57. The lowest BCUT2D eigenvalue weighted by atomic mass is 10.2. The molecule has 0 bridgehead atoms. The fourth-order valence-corrected chi connectivity index (χ4v) is 1.74. The Labute approximate surface area is 118 Å². The predicted molar refractivity (Wildman–Crippen MR) is 74.7 cm³/mol. The zero-order valence-corrected chi connectivity index (χ0v) is 12.3. The Kier molecular flexibility index (Phi) is 5.96. The van der Waals surface area contributed by atoms with Gasteiger partial charge in [-0.2, -0.15) is 0 Å². The van der Waals surface area contributed by atoms with E-state index < -0.39 is 5.97 Å². The molecule has 0 radical (unpaired) electrons. The van der Waals surface area contributed by atoms with E-state index >= 15 is 0 Å². The molecule has 0 aromatic carbocycles. The van der Waals surface area contributed by atoms with Gasteiger partial charge in [-0.1, -0.05) is 0 Å². The van der Waals surface area contributed by atoms with E-state index in [2.05, 4.69) is 4.98 Å². The molecule has 0 saturated carbocycles. The van der Waals surface area contributed by atoms with Crippen molar-refractivity contribution in [2.45, 2.75) is 26.8 Å². The maximum Gasteiger partial charge on any atom is 0.341 e. The number of hydrogen-bond acceptors (Lipinski definition) is 6. The van der Waals surface area contributed by atoms with Crippen LogP contribution < -0.4 is 4.90 Å². The lowest BCUT2D eigenvalue weighted by molar-refractivity contribution is -0.141. The highest BCUT2D eigenvalue weighted by Crippen LogP contribution is 2.20. The standard InChI is InChI=1S/C14H20N2O4/c1-5-20-12(17)9-16(10(2)3)13-11(14(18)19-4)7-6-8-15-13/h6-8,10H,5,9H2,1-4H3. The van der Waals surface area contributed by atoms with Gasteiger partial charge in [0.25, 0.3) is 0 Å². The quantitative estimate of drug-likeness (QED) is 0.738. The summed E-state index contributed by atoms with van der Waals surface area (Å²) in [4.78, 5) is 29.4. The average molecular weight is 280 g/mol. The first kappa shape index (κ1) is 15.9. The summed E-state index contributed by atoms with van der Waals surface area (Å²) in [6.45, 7) is 5.92. The highest BCUT2D eigenvalue weighted by atomic mass is 16.5. The number of anilines is 1. The molecule has 110 valence electrons. The second-order valence-electron chi connectivity index (χ2n) is 4.39. The third-order valence-corrected chi connectivity index (χ3v) is 2.69. The number of rotatable bonds is 6. The molecule has 6 nitrogen and oxygen atoms in total. The van der Waals surface area contributed by atoms with Crippen molar-refractivity contribution in [3.63, 3.8) is 0 Å². The first-order chi connectivity index (χ1) is 9.51. The molecule has 1 heterocycles. The highest BCUT2D eigenvalue weighted by Gasteiger charge is 2.22. The minimum Gasteiger partial charge on any atom is -0.465 e. The van der Waals surface area contributed by atoms with Crippen LogP contribution in [0.5, 0.6) is 0 Å². The largest absolute Gasteiger partial charge is 0.465 e. The van der Waals surface area contributed by atoms with Crippen LogP contribution in [0.2, 0.25) is 0 Å². The molecule has 0 aliphatic heterocycles. The van der Waals surface area contributed by atoms with Gasteiger partial charge in [0.15, 0.2) is 0 Å². The van der Waals surface area contributed by atoms with Crippen LogP contribution in [0.15, 0.2) is 18.3 Å². The van der Waals surface area contributed by atoms with Gasteiger partial charge in [0.2, 0.25) is 0 Å². The third-order valence-electron chi connectivity index (χ3n) is 2.69. The van der Waals surface area contributed by atoms with Gasteiger partial charge in [-0.25, -0.2) is 9.78 Å². The van der Waals surface area contributed by atoms with Crippen molar-refractivity contribution in [2.75, 3.05) is 25.2 Å². The molecule has 0 amide bonds. The first-order valence-electron chi connectivity index (χ1n) is 6.46. The van der Waals surface area contributed by atoms with Crippen molar-refractivity contribution in [2.24, 2.45) is 0 Å². The molecular weight excluding hydrogens is 260 g/mol. The Hall–Kier alpha value is -2.11. The number of pyridine rings is 1. The molecule has 0 fully saturated rings. The van der Waals surface area contributed by atoms with E-state index in [1.807, 2.05) is 13.8 Å². The van der Waals surface area contributed by atoms with Crippen LogP contribution in [0, 0.1) is 0 Å². The zero-order chi connectivity index (χ0) is 15.1. The van der Waals surface area contributed by atoms with Crippen molar-refractivity contribution in [1.82, 2.24) is 4.98 Å². The van der Waals surface area contributed by atoms with Gasteiger partial charge < -0.3 is 14.4 Å². The Bertz CT molecular complexity index is 474. The van der Waals surface area contributed by atoms with Gasteiger partial charge >= 0.3 is 11.9 Å². The minimum absolute atomic E-state index is 0.0160. The Morgan fingerprint density at radius 3 is 2.65 bits per heavy atom.